The van der Waals surface area contributed by atoms with E-state index in [0.29, 0.717) is 30.1 Å². The number of halogens is 1. The molecule has 3 aromatic rings. The maximum absolute atomic E-state index is 12.2. The molecule has 0 spiro atoms. The summed E-state index contributed by atoms with van der Waals surface area (Å²) in [5.41, 5.74) is 8.51. The van der Waals surface area contributed by atoms with Crippen LogP contribution in [0, 0.1) is 0 Å². The van der Waals surface area contributed by atoms with Crippen molar-refractivity contribution in [3.63, 3.8) is 0 Å². The Bertz CT molecular complexity index is 958. The van der Waals surface area contributed by atoms with E-state index in [1.807, 2.05) is 24.3 Å². The second-order valence-electron chi connectivity index (χ2n) is 5.70. The van der Waals surface area contributed by atoms with E-state index in [4.69, 9.17) is 17.3 Å². The van der Waals surface area contributed by atoms with Crippen molar-refractivity contribution in [3.05, 3.63) is 70.6 Å². The molecular weight excluding hydrogens is 350 g/mol. The largest absolute Gasteiger partial charge is 0.390 e. The van der Waals surface area contributed by atoms with Crippen LogP contribution in [0.15, 0.2) is 53.8 Å². The van der Waals surface area contributed by atoms with E-state index in [1.54, 1.807) is 24.5 Å². The molecule has 1 aromatic carbocycles. The first-order valence-corrected chi connectivity index (χ1v) is 8.51. The average molecular weight is 368 g/mol. The van der Waals surface area contributed by atoms with E-state index < -0.39 is 0 Å². The summed E-state index contributed by atoms with van der Waals surface area (Å²) in [6.45, 7) is 0.885. The number of hydrogen-bond acceptors (Lipinski definition) is 4. The van der Waals surface area contributed by atoms with Crippen LogP contribution in [-0.4, -0.2) is 35.3 Å². The Morgan fingerprint density at radius 3 is 2.96 bits per heavy atom. The molecule has 132 valence electrons. The lowest BCUT2D eigenvalue weighted by Crippen LogP contribution is -2.26. The molecule has 0 saturated carbocycles. The van der Waals surface area contributed by atoms with E-state index >= 15 is 0 Å². The van der Waals surface area contributed by atoms with Crippen LogP contribution in [-0.2, 0) is 6.42 Å². The smallest absolute Gasteiger partial charge is 0.251 e. The molecule has 0 bridgehead atoms. The quantitative estimate of drug-likeness (QED) is 0.398. The molecule has 1 amide bonds. The lowest BCUT2D eigenvalue weighted by atomic mass is 10.0. The van der Waals surface area contributed by atoms with Gasteiger partial charge in [-0.05, 0) is 35.9 Å². The lowest BCUT2D eigenvalue weighted by molar-refractivity contribution is 0.0954. The van der Waals surface area contributed by atoms with Crippen LogP contribution < -0.4 is 11.1 Å². The molecule has 6 nitrogen and oxygen atoms in total. The molecule has 0 aliphatic carbocycles. The first kappa shape index (κ1) is 17.8. The number of aromatic nitrogens is 2. The number of carbonyl (C=O) groups is 1. The minimum atomic E-state index is -0.157. The molecular formula is C19H18ClN5O. The van der Waals surface area contributed by atoms with Gasteiger partial charge in [0, 0.05) is 42.0 Å². The van der Waals surface area contributed by atoms with Gasteiger partial charge in [-0.25, -0.2) is 0 Å². The van der Waals surface area contributed by atoms with Gasteiger partial charge in [-0.15, -0.1) is 0 Å². The van der Waals surface area contributed by atoms with Crippen molar-refractivity contribution in [2.75, 3.05) is 13.1 Å². The zero-order valence-corrected chi connectivity index (χ0v) is 14.8. The first-order chi connectivity index (χ1) is 12.7. The molecule has 7 heteroatoms. The fourth-order valence-electron chi connectivity index (χ4n) is 2.60. The summed E-state index contributed by atoms with van der Waals surface area (Å²) in [5, 5.41) is 4.37. The molecule has 26 heavy (non-hydrogen) atoms. The van der Waals surface area contributed by atoms with E-state index in [9.17, 15) is 4.79 Å². The van der Waals surface area contributed by atoms with Crippen LogP contribution in [0.1, 0.15) is 21.6 Å². The van der Waals surface area contributed by atoms with Crippen molar-refractivity contribution >= 4 is 34.7 Å². The van der Waals surface area contributed by atoms with E-state index in [2.05, 4.69) is 20.3 Å². The standard InChI is InChI=1S/C19H18ClN5O/c20-16-9-15-7-13(1-2-18(15)25-11-16)8-17-10-14(3-4-23-17)19(26)24-6-5-22-12-21/h1-4,7,9-12H,5-6,8H2,(H2,21,22)(H,24,26). The van der Waals surface area contributed by atoms with Crippen LogP contribution in [0.2, 0.25) is 5.02 Å². The third-order valence-corrected chi connectivity index (χ3v) is 4.01. The highest BCUT2D eigenvalue weighted by molar-refractivity contribution is 6.31. The Hall–Kier alpha value is -2.99. The van der Waals surface area contributed by atoms with Crippen molar-refractivity contribution in [2.45, 2.75) is 6.42 Å². The Morgan fingerprint density at radius 2 is 2.12 bits per heavy atom. The number of hydrogen-bond donors (Lipinski definition) is 2. The van der Waals surface area contributed by atoms with Gasteiger partial charge in [0.1, 0.15) is 0 Å². The number of nitrogens with zero attached hydrogens (tertiary/aromatic N) is 3. The third-order valence-electron chi connectivity index (χ3n) is 3.81. The van der Waals surface area contributed by atoms with Crippen LogP contribution in [0.5, 0.6) is 0 Å². The number of amides is 1. The number of aliphatic imine (C=N–C) groups is 1. The molecule has 0 saturated heterocycles. The third kappa shape index (κ3) is 4.55. The van der Waals surface area contributed by atoms with Crippen LogP contribution >= 0.6 is 11.6 Å². The summed E-state index contributed by atoms with van der Waals surface area (Å²) in [5.74, 6) is -0.157. The maximum atomic E-state index is 12.2. The Labute approximate surface area is 156 Å². The summed E-state index contributed by atoms with van der Waals surface area (Å²) in [6, 6.07) is 11.4. The number of carbonyl (C=O) groups excluding carboxylic acids is 1. The van der Waals surface area contributed by atoms with Gasteiger partial charge in [0.25, 0.3) is 5.91 Å². The SMILES string of the molecule is NC=NCCNC(=O)c1ccnc(Cc2ccc3ncc(Cl)cc3c2)c1. The second kappa shape index (κ2) is 8.40. The molecule has 0 aliphatic heterocycles. The number of rotatable bonds is 6. The minimum absolute atomic E-state index is 0.157. The maximum Gasteiger partial charge on any atom is 0.251 e. The molecule has 0 fully saturated rings. The number of pyridine rings is 2. The van der Waals surface area contributed by atoms with Crippen molar-refractivity contribution in [2.24, 2.45) is 10.7 Å². The fraction of sp³-hybridized carbons (Fsp3) is 0.158. The van der Waals surface area contributed by atoms with Gasteiger partial charge in [-0.2, -0.15) is 0 Å². The number of nitrogens with one attached hydrogen (secondary N) is 1. The number of fused-ring (bicyclic) bond motifs is 1. The summed E-state index contributed by atoms with van der Waals surface area (Å²) >= 11 is 6.01. The van der Waals surface area contributed by atoms with Crippen molar-refractivity contribution in [1.29, 1.82) is 0 Å². The topological polar surface area (TPSA) is 93.3 Å². The van der Waals surface area contributed by atoms with Crippen LogP contribution in [0.25, 0.3) is 10.9 Å². The van der Waals surface area contributed by atoms with Crippen molar-refractivity contribution < 1.29 is 4.79 Å². The normalized spacial score (nSPS) is 11.1. The van der Waals surface area contributed by atoms with Gasteiger partial charge >= 0.3 is 0 Å². The number of benzene rings is 1. The van der Waals surface area contributed by atoms with Crippen molar-refractivity contribution in [3.8, 4) is 0 Å². The summed E-state index contributed by atoms with van der Waals surface area (Å²) in [6.07, 6.45) is 5.11. The summed E-state index contributed by atoms with van der Waals surface area (Å²) in [7, 11) is 0. The number of nitrogens with two attached hydrogens (primary N) is 1. The molecule has 0 radical (unpaired) electrons. The molecule has 2 heterocycles. The highest BCUT2D eigenvalue weighted by Gasteiger charge is 2.07. The average Bonchev–Trinajstić information content (AvgIpc) is 2.65. The molecule has 3 N–H and O–H groups in total. The Morgan fingerprint density at radius 1 is 1.23 bits per heavy atom. The van der Waals surface area contributed by atoms with Gasteiger partial charge < -0.3 is 11.1 Å². The van der Waals surface area contributed by atoms with Gasteiger partial charge in [-0.3, -0.25) is 19.8 Å². The van der Waals surface area contributed by atoms with Gasteiger partial charge in [0.15, 0.2) is 0 Å². The van der Waals surface area contributed by atoms with Crippen LogP contribution in [0.4, 0.5) is 0 Å². The molecule has 2 aromatic heterocycles. The highest BCUT2D eigenvalue weighted by Crippen LogP contribution is 2.19. The predicted octanol–water partition coefficient (Wildman–Crippen LogP) is 2.59. The van der Waals surface area contributed by atoms with E-state index in [0.717, 1.165) is 22.2 Å². The van der Waals surface area contributed by atoms with Gasteiger partial charge in [-0.1, -0.05) is 17.7 Å². The summed E-state index contributed by atoms with van der Waals surface area (Å²) < 4.78 is 0. The van der Waals surface area contributed by atoms with Gasteiger partial charge in [0.05, 0.1) is 23.4 Å². The zero-order valence-electron chi connectivity index (χ0n) is 14.0. The Kier molecular flexibility index (Phi) is 5.76. The molecule has 0 aliphatic rings. The monoisotopic (exact) mass is 367 g/mol. The van der Waals surface area contributed by atoms with Gasteiger partial charge in [0.2, 0.25) is 0 Å². The highest BCUT2D eigenvalue weighted by atomic mass is 35.5. The van der Waals surface area contributed by atoms with Crippen LogP contribution in [0.3, 0.4) is 0 Å². The summed E-state index contributed by atoms with van der Waals surface area (Å²) in [4.78, 5) is 24.7. The molecule has 3 rings (SSSR count). The fourth-order valence-corrected chi connectivity index (χ4v) is 2.77. The van der Waals surface area contributed by atoms with E-state index in [1.165, 1.54) is 6.34 Å². The minimum Gasteiger partial charge on any atom is -0.390 e. The van der Waals surface area contributed by atoms with Crippen molar-refractivity contribution in [1.82, 2.24) is 15.3 Å². The zero-order chi connectivity index (χ0) is 18.4. The molecule has 0 atom stereocenters. The molecule has 0 unspecified atom stereocenters. The first-order valence-electron chi connectivity index (χ1n) is 8.13. The van der Waals surface area contributed by atoms with E-state index in [-0.39, 0.29) is 5.91 Å². The Balaban J connectivity index is 1.73. The second-order valence-corrected chi connectivity index (χ2v) is 6.14. The lowest BCUT2D eigenvalue weighted by Gasteiger charge is -2.07. The predicted molar refractivity (Wildman–Crippen MR) is 104 cm³/mol.